The average molecular weight is 259 g/mol. The summed E-state index contributed by atoms with van der Waals surface area (Å²) in [6, 6.07) is 2.28. The summed E-state index contributed by atoms with van der Waals surface area (Å²) in [5.74, 6) is 0.929. The van der Waals surface area contributed by atoms with Gasteiger partial charge in [-0.15, -0.1) is 0 Å². The molecule has 0 amide bonds. The highest BCUT2D eigenvalue weighted by atomic mass is 35.5. The number of piperazine rings is 1. The van der Waals surface area contributed by atoms with E-state index in [0.717, 1.165) is 30.6 Å². The molecule has 0 aliphatic carbocycles. The molecule has 1 aromatic rings. The Hall–Kier alpha value is -0.520. The van der Waals surface area contributed by atoms with E-state index in [-0.39, 0.29) is 0 Å². The number of thioether (sulfide) groups is 1. The largest absolute Gasteiger partial charge is 0.351 e. The molecule has 1 aromatic heterocycles. The van der Waals surface area contributed by atoms with Gasteiger partial charge in [0, 0.05) is 31.7 Å². The van der Waals surface area contributed by atoms with Crippen molar-refractivity contribution in [3.05, 3.63) is 11.2 Å². The fraction of sp³-hybridized carbons (Fsp3) is 0.600. The highest BCUT2D eigenvalue weighted by Gasteiger charge is 2.20. The van der Waals surface area contributed by atoms with Gasteiger partial charge in [0.2, 0.25) is 0 Å². The molecule has 4 nitrogen and oxygen atoms in total. The molecule has 2 rings (SSSR count). The lowest BCUT2D eigenvalue weighted by atomic mass is 10.2. The molecular formula is C10H15ClN4S. The topological polar surface area (TPSA) is 41.1 Å². The monoisotopic (exact) mass is 258 g/mol. The maximum atomic E-state index is 5.99. The van der Waals surface area contributed by atoms with Crippen molar-refractivity contribution in [3.8, 4) is 0 Å². The molecule has 6 heteroatoms. The second-order valence-corrected chi connectivity index (χ2v) is 4.94. The molecule has 0 aromatic carbocycles. The number of anilines is 1. The number of halogens is 1. The molecule has 16 heavy (non-hydrogen) atoms. The quantitative estimate of drug-likeness (QED) is 0.496. The van der Waals surface area contributed by atoms with Gasteiger partial charge in [-0.25, -0.2) is 9.97 Å². The minimum absolute atomic E-state index is 0.439. The van der Waals surface area contributed by atoms with Gasteiger partial charge >= 0.3 is 0 Å². The van der Waals surface area contributed by atoms with E-state index in [2.05, 4.69) is 27.1 Å². The van der Waals surface area contributed by atoms with E-state index in [1.807, 2.05) is 12.3 Å². The Bertz CT molecular complexity index is 374. The lowest BCUT2D eigenvalue weighted by molar-refractivity contribution is 0.495. The first-order chi connectivity index (χ1) is 7.70. The van der Waals surface area contributed by atoms with Crippen LogP contribution in [0.2, 0.25) is 5.15 Å². The molecule has 1 fully saturated rings. The van der Waals surface area contributed by atoms with Gasteiger partial charge in [-0.1, -0.05) is 23.4 Å². The second kappa shape index (κ2) is 5.21. The number of hydrogen-bond donors (Lipinski definition) is 1. The van der Waals surface area contributed by atoms with E-state index in [1.165, 1.54) is 11.8 Å². The minimum atomic E-state index is 0.439. The number of aromatic nitrogens is 2. The Kier molecular flexibility index (Phi) is 3.89. The van der Waals surface area contributed by atoms with Crippen LogP contribution in [0.15, 0.2) is 11.2 Å². The summed E-state index contributed by atoms with van der Waals surface area (Å²) in [7, 11) is 0. The normalized spacial score (nSPS) is 21.2. The van der Waals surface area contributed by atoms with E-state index in [9.17, 15) is 0 Å². The first-order valence-electron chi connectivity index (χ1n) is 5.26. The van der Waals surface area contributed by atoms with Gasteiger partial charge in [-0.3, -0.25) is 0 Å². The van der Waals surface area contributed by atoms with Crippen molar-refractivity contribution in [2.24, 2.45) is 0 Å². The van der Waals surface area contributed by atoms with Gasteiger partial charge in [0.25, 0.3) is 0 Å². The second-order valence-electron chi connectivity index (χ2n) is 3.78. The van der Waals surface area contributed by atoms with Crippen LogP contribution in [0.3, 0.4) is 0 Å². The Morgan fingerprint density at radius 1 is 1.56 bits per heavy atom. The Balaban J connectivity index is 2.27. The van der Waals surface area contributed by atoms with Crippen LogP contribution < -0.4 is 10.2 Å². The summed E-state index contributed by atoms with van der Waals surface area (Å²) < 4.78 is 0. The molecule has 1 unspecified atom stereocenters. The van der Waals surface area contributed by atoms with Gasteiger partial charge in [0.05, 0.1) is 0 Å². The maximum Gasteiger partial charge on any atom is 0.190 e. The molecule has 1 N–H and O–H groups in total. The molecular weight excluding hydrogens is 244 g/mol. The molecule has 0 saturated carbocycles. The number of hydrogen-bond acceptors (Lipinski definition) is 5. The number of nitrogens with zero attached hydrogens (tertiary/aromatic N) is 3. The molecule has 2 heterocycles. The van der Waals surface area contributed by atoms with Crippen molar-refractivity contribution in [2.75, 3.05) is 30.8 Å². The zero-order valence-corrected chi connectivity index (χ0v) is 11.0. The van der Waals surface area contributed by atoms with Gasteiger partial charge in [-0.05, 0) is 13.2 Å². The molecule has 1 atom stereocenters. The molecule has 0 spiro atoms. The highest BCUT2D eigenvalue weighted by molar-refractivity contribution is 7.98. The Morgan fingerprint density at radius 2 is 2.38 bits per heavy atom. The van der Waals surface area contributed by atoms with Crippen molar-refractivity contribution >= 4 is 29.2 Å². The van der Waals surface area contributed by atoms with Crippen LogP contribution in [-0.2, 0) is 0 Å². The lowest BCUT2D eigenvalue weighted by Crippen LogP contribution is -2.50. The molecule has 1 aliphatic rings. The van der Waals surface area contributed by atoms with E-state index in [1.54, 1.807) is 0 Å². The van der Waals surface area contributed by atoms with Gasteiger partial charge in [0.15, 0.2) is 5.16 Å². The SMILES string of the molecule is CSc1nc(Cl)cc(N2CCNCC2C)n1. The zero-order valence-electron chi connectivity index (χ0n) is 9.40. The van der Waals surface area contributed by atoms with Crippen LogP contribution in [-0.4, -0.2) is 41.9 Å². The standard InChI is InChI=1S/C10H15ClN4S/c1-7-6-12-3-4-15(7)9-5-8(11)13-10(14-9)16-2/h5,7,12H,3-4,6H2,1-2H3. The first kappa shape index (κ1) is 12.0. The average Bonchev–Trinajstić information content (AvgIpc) is 2.28. The van der Waals surface area contributed by atoms with Crippen molar-refractivity contribution in [2.45, 2.75) is 18.1 Å². The van der Waals surface area contributed by atoms with Crippen LogP contribution in [0.5, 0.6) is 0 Å². The van der Waals surface area contributed by atoms with Crippen LogP contribution in [0, 0.1) is 0 Å². The Labute approximate surface area is 105 Å². The summed E-state index contributed by atoms with van der Waals surface area (Å²) >= 11 is 7.50. The smallest absolute Gasteiger partial charge is 0.190 e. The van der Waals surface area contributed by atoms with Crippen molar-refractivity contribution in [3.63, 3.8) is 0 Å². The summed E-state index contributed by atoms with van der Waals surface area (Å²) in [6.07, 6.45) is 1.95. The number of rotatable bonds is 2. The summed E-state index contributed by atoms with van der Waals surface area (Å²) in [6.45, 7) is 5.11. The van der Waals surface area contributed by atoms with Gasteiger partial charge in [-0.2, -0.15) is 0 Å². The Morgan fingerprint density at radius 3 is 3.06 bits per heavy atom. The summed E-state index contributed by atoms with van der Waals surface area (Å²) in [4.78, 5) is 10.9. The van der Waals surface area contributed by atoms with Gasteiger partial charge < -0.3 is 10.2 Å². The predicted molar refractivity (Wildman–Crippen MR) is 68.5 cm³/mol. The third-order valence-corrected chi connectivity index (χ3v) is 3.38. The third-order valence-electron chi connectivity index (χ3n) is 2.64. The van der Waals surface area contributed by atoms with Crippen LogP contribution in [0.25, 0.3) is 0 Å². The maximum absolute atomic E-state index is 5.99. The van der Waals surface area contributed by atoms with Gasteiger partial charge in [0.1, 0.15) is 11.0 Å². The van der Waals surface area contributed by atoms with Crippen LogP contribution in [0.1, 0.15) is 6.92 Å². The predicted octanol–water partition coefficient (Wildman–Crippen LogP) is 1.65. The highest BCUT2D eigenvalue weighted by Crippen LogP contribution is 2.22. The third kappa shape index (κ3) is 2.59. The molecule has 0 radical (unpaired) electrons. The first-order valence-corrected chi connectivity index (χ1v) is 6.87. The van der Waals surface area contributed by atoms with E-state index in [0.29, 0.717) is 11.2 Å². The molecule has 88 valence electrons. The van der Waals surface area contributed by atoms with Crippen molar-refractivity contribution in [1.29, 1.82) is 0 Å². The van der Waals surface area contributed by atoms with Crippen molar-refractivity contribution < 1.29 is 0 Å². The summed E-state index contributed by atoms with van der Waals surface area (Å²) in [5, 5.41) is 4.60. The van der Waals surface area contributed by atoms with Crippen LogP contribution in [0.4, 0.5) is 5.82 Å². The minimum Gasteiger partial charge on any atom is -0.351 e. The van der Waals surface area contributed by atoms with E-state index in [4.69, 9.17) is 11.6 Å². The number of nitrogens with one attached hydrogen (secondary N) is 1. The summed E-state index contributed by atoms with van der Waals surface area (Å²) in [5.41, 5.74) is 0. The molecule has 1 aliphatic heterocycles. The van der Waals surface area contributed by atoms with Crippen LogP contribution >= 0.6 is 23.4 Å². The van der Waals surface area contributed by atoms with Crippen molar-refractivity contribution in [1.82, 2.24) is 15.3 Å². The fourth-order valence-electron chi connectivity index (χ4n) is 1.81. The zero-order chi connectivity index (χ0) is 11.5. The fourth-order valence-corrected chi connectivity index (χ4v) is 2.41. The molecule has 0 bridgehead atoms. The van der Waals surface area contributed by atoms with E-state index < -0.39 is 0 Å². The van der Waals surface area contributed by atoms with E-state index >= 15 is 0 Å². The lowest BCUT2D eigenvalue weighted by Gasteiger charge is -2.34. The molecule has 1 saturated heterocycles.